The monoisotopic (exact) mass is 438 g/mol. The first-order chi connectivity index (χ1) is 15.1. The van der Waals surface area contributed by atoms with Crippen molar-refractivity contribution in [2.45, 2.75) is 58.7 Å². The normalized spacial score (nSPS) is 19.6. The van der Waals surface area contributed by atoms with Crippen LogP contribution in [0, 0.1) is 11.7 Å². The quantitative estimate of drug-likeness (QED) is 0.680. The van der Waals surface area contributed by atoms with Crippen molar-refractivity contribution in [3.8, 4) is 0 Å². The van der Waals surface area contributed by atoms with E-state index >= 15 is 0 Å². The van der Waals surface area contributed by atoms with Crippen LogP contribution >= 0.6 is 0 Å². The van der Waals surface area contributed by atoms with E-state index in [2.05, 4.69) is 10.3 Å². The summed E-state index contributed by atoms with van der Waals surface area (Å²) in [7, 11) is 0. The first kappa shape index (κ1) is 23.4. The number of hydrogen-bond acceptors (Lipinski definition) is 4. The van der Waals surface area contributed by atoms with Gasteiger partial charge in [-0.1, -0.05) is 51.1 Å². The van der Waals surface area contributed by atoms with Gasteiger partial charge >= 0.3 is 0 Å². The van der Waals surface area contributed by atoms with E-state index in [9.17, 15) is 14.0 Å². The highest BCUT2D eigenvalue weighted by molar-refractivity contribution is 5.99. The average molecular weight is 439 g/mol. The van der Waals surface area contributed by atoms with E-state index in [0.717, 1.165) is 5.56 Å². The fourth-order valence-electron chi connectivity index (χ4n) is 4.09. The molecule has 0 fully saturated rings. The Bertz CT molecular complexity index is 1020. The van der Waals surface area contributed by atoms with Crippen molar-refractivity contribution in [3.05, 3.63) is 71.0 Å². The fourth-order valence-corrected chi connectivity index (χ4v) is 4.09. The SMILES string of the molecule is CC[C@@]1(C(C)C)CC(=O)N(Cc2cc(F)cc(C(=O)N[C@H](C)c3ccccc3)c2)C(N)=N1. The molecule has 3 N–H and O–H groups in total. The second-order valence-corrected chi connectivity index (χ2v) is 8.69. The highest BCUT2D eigenvalue weighted by Gasteiger charge is 2.40. The summed E-state index contributed by atoms with van der Waals surface area (Å²) in [5, 5.41) is 2.88. The molecule has 2 amide bonds. The molecule has 2 aromatic carbocycles. The first-order valence-corrected chi connectivity index (χ1v) is 11.0. The van der Waals surface area contributed by atoms with Crippen LogP contribution in [-0.4, -0.2) is 28.2 Å². The van der Waals surface area contributed by atoms with E-state index in [1.807, 2.05) is 58.0 Å². The van der Waals surface area contributed by atoms with E-state index in [4.69, 9.17) is 5.73 Å². The van der Waals surface area contributed by atoms with Crippen LogP contribution in [0.1, 0.15) is 68.1 Å². The van der Waals surface area contributed by atoms with E-state index in [1.54, 1.807) is 6.07 Å². The third-order valence-corrected chi connectivity index (χ3v) is 6.27. The molecule has 1 aliphatic rings. The van der Waals surface area contributed by atoms with Gasteiger partial charge in [0.1, 0.15) is 5.82 Å². The van der Waals surface area contributed by atoms with Crippen LogP contribution in [0.15, 0.2) is 53.5 Å². The number of nitrogens with two attached hydrogens (primary N) is 1. The van der Waals surface area contributed by atoms with Crippen LogP contribution in [0.4, 0.5) is 4.39 Å². The summed E-state index contributed by atoms with van der Waals surface area (Å²) in [6.45, 7) is 7.96. The molecule has 0 spiro atoms. The Morgan fingerprint density at radius 1 is 1.22 bits per heavy atom. The molecule has 0 saturated carbocycles. The van der Waals surface area contributed by atoms with Crippen molar-refractivity contribution >= 4 is 17.8 Å². The molecule has 0 aromatic heterocycles. The van der Waals surface area contributed by atoms with Gasteiger partial charge in [-0.15, -0.1) is 0 Å². The van der Waals surface area contributed by atoms with E-state index in [1.165, 1.54) is 17.0 Å². The molecule has 6 nitrogen and oxygen atoms in total. The summed E-state index contributed by atoms with van der Waals surface area (Å²) in [5.74, 6) is -0.803. The van der Waals surface area contributed by atoms with Crippen LogP contribution < -0.4 is 11.1 Å². The Labute approximate surface area is 188 Å². The third-order valence-electron chi connectivity index (χ3n) is 6.27. The molecule has 32 heavy (non-hydrogen) atoms. The van der Waals surface area contributed by atoms with Crippen molar-refractivity contribution < 1.29 is 14.0 Å². The summed E-state index contributed by atoms with van der Waals surface area (Å²) in [6.07, 6.45) is 0.952. The molecule has 1 aliphatic heterocycles. The van der Waals surface area contributed by atoms with Crippen LogP contribution in [0.25, 0.3) is 0 Å². The van der Waals surface area contributed by atoms with Gasteiger partial charge in [0.25, 0.3) is 5.91 Å². The lowest BCUT2D eigenvalue weighted by molar-refractivity contribution is -0.130. The molecular formula is C25H31FN4O2. The molecule has 1 heterocycles. The third kappa shape index (κ3) is 4.98. The number of benzene rings is 2. The maximum Gasteiger partial charge on any atom is 0.251 e. The molecule has 0 saturated heterocycles. The Balaban J connectivity index is 1.79. The smallest absolute Gasteiger partial charge is 0.251 e. The number of guanidine groups is 1. The van der Waals surface area contributed by atoms with Crippen molar-refractivity contribution in [2.24, 2.45) is 16.6 Å². The van der Waals surface area contributed by atoms with E-state index in [-0.39, 0.29) is 42.4 Å². The van der Waals surface area contributed by atoms with Crippen LogP contribution in [0.2, 0.25) is 0 Å². The standard InChI is InChI=1S/C25H31FN4O2/c1-5-25(16(2)3)14-22(31)30(24(27)29-25)15-18-11-20(13-21(26)12-18)23(32)28-17(4)19-9-7-6-8-10-19/h6-13,16-17H,5,14-15H2,1-4H3,(H2,27,29)(H,28,32)/t17-,25+/m1/s1. The topological polar surface area (TPSA) is 87.8 Å². The predicted octanol–water partition coefficient (Wildman–Crippen LogP) is 4.17. The van der Waals surface area contributed by atoms with Crippen molar-refractivity contribution in [1.29, 1.82) is 0 Å². The Kier molecular flexibility index (Phi) is 6.96. The van der Waals surface area contributed by atoms with Gasteiger partial charge in [-0.2, -0.15) is 0 Å². The molecule has 0 bridgehead atoms. The maximum absolute atomic E-state index is 14.3. The molecule has 2 atom stereocenters. The zero-order valence-electron chi connectivity index (χ0n) is 19.1. The lowest BCUT2D eigenvalue weighted by Crippen LogP contribution is -2.52. The summed E-state index contributed by atoms with van der Waals surface area (Å²) in [6, 6.07) is 13.4. The van der Waals surface area contributed by atoms with Gasteiger partial charge in [0.2, 0.25) is 5.91 Å². The number of nitrogens with zero attached hydrogens (tertiary/aromatic N) is 2. The van der Waals surface area contributed by atoms with Crippen molar-refractivity contribution in [3.63, 3.8) is 0 Å². The molecule has 170 valence electrons. The van der Waals surface area contributed by atoms with Gasteiger partial charge in [0.05, 0.1) is 24.5 Å². The number of nitrogens with one attached hydrogen (secondary N) is 1. The molecule has 0 aliphatic carbocycles. The first-order valence-electron chi connectivity index (χ1n) is 11.0. The summed E-state index contributed by atoms with van der Waals surface area (Å²) >= 11 is 0. The van der Waals surface area contributed by atoms with Gasteiger partial charge in [0, 0.05) is 5.56 Å². The largest absolute Gasteiger partial charge is 0.369 e. The highest BCUT2D eigenvalue weighted by Crippen LogP contribution is 2.34. The van der Waals surface area contributed by atoms with Gasteiger partial charge in [-0.05, 0) is 48.6 Å². The highest BCUT2D eigenvalue weighted by atomic mass is 19.1. The van der Waals surface area contributed by atoms with E-state index in [0.29, 0.717) is 12.0 Å². The number of carbonyl (C=O) groups is 2. The molecular weight excluding hydrogens is 407 g/mol. The Hall–Kier alpha value is -3.22. The number of hydrogen-bond donors (Lipinski definition) is 2. The predicted molar refractivity (Wildman–Crippen MR) is 123 cm³/mol. The molecule has 0 unspecified atom stereocenters. The lowest BCUT2D eigenvalue weighted by Gasteiger charge is -2.39. The number of rotatable bonds is 7. The Morgan fingerprint density at radius 2 is 1.91 bits per heavy atom. The molecule has 2 aromatic rings. The van der Waals surface area contributed by atoms with E-state index < -0.39 is 17.3 Å². The summed E-state index contributed by atoms with van der Waals surface area (Å²) in [5.41, 5.74) is 7.25. The van der Waals surface area contributed by atoms with Crippen molar-refractivity contribution in [2.75, 3.05) is 0 Å². The minimum atomic E-state index is -0.551. The number of carbonyl (C=O) groups excluding carboxylic acids is 2. The molecule has 3 rings (SSSR count). The van der Waals surface area contributed by atoms with Crippen LogP contribution in [0.5, 0.6) is 0 Å². The zero-order chi connectivity index (χ0) is 23.5. The molecule has 7 heteroatoms. The number of amides is 2. The zero-order valence-corrected chi connectivity index (χ0v) is 19.1. The van der Waals surface area contributed by atoms with Crippen LogP contribution in [-0.2, 0) is 11.3 Å². The lowest BCUT2D eigenvalue weighted by atomic mass is 9.80. The second kappa shape index (κ2) is 9.51. The molecule has 0 radical (unpaired) electrons. The average Bonchev–Trinajstić information content (AvgIpc) is 2.76. The van der Waals surface area contributed by atoms with Gasteiger partial charge in [-0.25, -0.2) is 9.38 Å². The minimum Gasteiger partial charge on any atom is -0.369 e. The summed E-state index contributed by atoms with van der Waals surface area (Å²) < 4.78 is 14.3. The van der Waals surface area contributed by atoms with Gasteiger partial charge in [-0.3, -0.25) is 14.5 Å². The Morgan fingerprint density at radius 3 is 2.50 bits per heavy atom. The van der Waals surface area contributed by atoms with Crippen LogP contribution in [0.3, 0.4) is 0 Å². The fraction of sp³-hybridized carbons (Fsp3) is 0.400. The minimum absolute atomic E-state index is 0.0539. The van der Waals surface area contributed by atoms with Crippen molar-refractivity contribution in [1.82, 2.24) is 10.2 Å². The maximum atomic E-state index is 14.3. The number of aliphatic imine (C=N–C) groups is 1. The van der Waals surface area contributed by atoms with Gasteiger partial charge < -0.3 is 11.1 Å². The summed E-state index contributed by atoms with van der Waals surface area (Å²) in [4.78, 5) is 31.6. The van der Waals surface area contributed by atoms with Gasteiger partial charge in [0.15, 0.2) is 5.96 Å². The number of halogens is 1. The second-order valence-electron chi connectivity index (χ2n) is 8.69.